The van der Waals surface area contributed by atoms with Crippen molar-refractivity contribution in [2.75, 3.05) is 41.7 Å². The van der Waals surface area contributed by atoms with Crippen molar-refractivity contribution in [3.05, 3.63) is 71.3 Å². The lowest BCUT2D eigenvalue weighted by Gasteiger charge is -2.42. The van der Waals surface area contributed by atoms with Gasteiger partial charge in [-0.15, -0.1) is 0 Å². The van der Waals surface area contributed by atoms with Crippen LogP contribution >= 0.6 is 0 Å². The molecule has 18 nitrogen and oxygen atoms in total. The fourth-order valence-electron chi connectivity index (χ4n) is 5.60. The van der Waals surface area contributed by atoms with Crippen LogP contribution < -0.4 is 33.7 Å². The number of ether oxygens (including phenoxy) is 8. The molecule has 0 aliphatic carbocycles. The minimum absolute atomic E-state index is 0.0871. The molecule has 1 heterocycles. The van der Waals surface area contributed by atoms with Crippen LogP contribution in [-0.4, -0.2) is 144 Å². The van der Waals surface area contributed by atoms with E-state index in [2.05, 4.69) is 5.32 Å². The number of aliphatic hydroxyl groups is 8. The number of aliphatic hydroxyl groups excluding tert-OH is 8. The Kier molecular flexibility index (Phi) is 16.1. The molecule has 1 aliphatic rings. The van der Waals surface area contributed by atoms with E-state index in [1.54, 1.807) is 54.6 Å². The van der Waals surface area contributed by atoms with E-state index in [1.807, 2.05) is 0 Å². The van der Waals surface area contributed by atoms with Gasteiger partial charge in [0.05, 0.1) is 41.7 Å². The van der Waals surface area contributed by atoms with Crippen LogP contribution in [0.3, 0.4) is 0 Å². The van der Waals surface area contributed by atoms with Gasteiger partial charge in [0.25, 0.3) is 5.91 Å². The number of carbonyl (C=O) groups excluding carboxylic acids is 1. The quantitative estimate of drug-likeness (QED) is 0.0649. The van der Waals surface area contributed by atoms with Gasteiger partial charge in [-0.25, -0.2) is 0 Å². The molecule has 1 amide bonds. The van der Waals surface area contributed by atoms with Crippen LogP contribution in [0.2, 0.25) is 0 Å². The van der Waals surface area contributed by atoms with Crippen LogP contribution in [0.4, 0.5) is 0 Å². The summed E-state index contributed by atoms with van der Waals surface area (Å²) in [5, 5.41) is 84.2. The average molecular weight is 780 g/mol. The summed E-state index contributed by atoms with van der Waals surface area (Å²) >= 11 is 0. The van der Waals surface area contributed by atoms with Crippen LogP contribution in [0.15, 0.2) is 54.6 Å². The van der Waals surface area contributed by atoms with Crippen molar-refractivity contribution >= 4 is 5.91 Å². The topological polar surface area (TPSA) is 265 Å². The molecule has 3 aromatic carbocycles. The third-order valence-electron chi connectivity index (χ3n) is 8.67. The summed E-state index contributed by atoms with van der Waals surface area (Å²) in [5.41, 5.74) is 1.89. The zero-order chi connectivity index (χ0) is 40.2. The highest BCUT2D eigenvalue weighted by Gasteiger charge is 2.47. The van der Waals surface area contributed by atoms with Crippen LogP contribution in [0.25, 0.3) is 0 Å². The lowest BCUT2D eigenvalue weighted by atomic mass is 9.98. The number of nitrogens with one attached hydrogen (secondary N) is 1. The van der Waals surface area contributed by atoms with Gasteiger partial charge in [-0.2, -0.15) is 0 Å². The Bertz CT molecular complexity index is 1550. The molecule has 1 aliphatic heterocycles. The number of hydrogen-bond acceptors (Lipinski definition) is 17. The molecule has 1 saturated heterocycles. The number of benzene rings is 3. The van der Waals surface area contributed by atoms with Gasteiger partial charge < -0.3 is 84.1 Å². The summed E-state index contributed by atoms with van der Waals surface area (Å²) in [4.78, 5) is 13.1. The van der Waals surface area contributed by atoms with Crippen LogP contribution in [0.5, 0.6) is 34.5 Å². The zero-order valence-corrected chi connectivity index (χ0v) is 30.7. The van der Waals surface area contributed by atoms with Gasteiger partial charge in [0.15, 0.2) is 12.4 Å². The van der Waals surface area contributed by atoms with Gasteiger partial charge in [0.2, 0.25) is 0 Å². The Morgan fingerprint density at radius 3 is 1.56 bits per heavy atom. The molecule has 1 fully saturated rings. The van der Waals surface area contributed by atoms with Crippen molar-refractivity contribution in [2.24, 2.45) is 0 Å². The first-order valence-corrected chi connectivity index (χ1v) is 17.1. The first kappa shape index (κ1) is 43.3. The highest BCUT2D eigenvalue weighted by Crippen LogP contribution is 2.29. The van der Waals surface area contributed by atoms with E-state index in [9.17, 15) is 45.6 Å². The lowest BCUT2D eigenvalue weighted by molar-refractivity contribution is -0.326. The maximum Gasteiger partial charge on any atom is 0.251 e. The summed E-state index contributed by atoms with van der Waals surface area (Å²) in [5.74, 6) is 1.78. The normalized spacial score (nSPS) is 21.8. The molecule has 0 spiro atoms. The standard InChI is InChI=1S/C37H49NO17/c1-48-22-7-20(8-23(11-22)49-2)17-52-26-5-19(6-27(13-26)53-18-21-9-24(50-3)12-25(10-21)51-4)14-38-36(47)33(45)32(44)35(28(41)15-39)55-37-34(46)31(43)30(42)29(16-40)54-37/h5-13,28-35,37,39-46H,14-18H2,1-4H3,(H,38,47)/t28-,29-,30-,31+,32-,33-,34-,35-,37-/m1/s1. The molecule has 0 radical (unpaired) electrons. The monoisotopic (exact) mass is 779 g/mol. The lowest BCUT2D eigenvalue weighted by Crippen LogP contribution is -2.62. The summed E-state index contributed by atoms with van der Waals surface area (Å²) in [6.45, 7) is -1.87. The van der Waals surface area contributed by atoms with E-state index in [4.69, 9.17) is 37.9 Å². The van der Waals surface area contributed by atoms with Crippen molar-refractivity contribution in [3.63, 3.8) is 0 Å². The molecule has 18 heteroatoms. The van der Waals surface area contributed by atoms with Crippen molar-refractivity contribution in [3.8, 4) is 34.5 Å². The van der Waals surface area contributed by atoms with Gasteiger partial charge in [-0.3, -0.25) is 4.79 Å². The number of amides is 1. The van der Waals surface area contributed by atoms with E-state index >= 15 is 0 Å². The first-order chi connectivity index (χ1) is 26.3. The molecule has 0 unspecified atom stereocenters. The smallest absolute Gasteiger partial charge is 0.251 e. The van der Waals surface area contributed by atoms with E-state index in [0.29, 0.717) is 40.1 Å². The first-order valence-electron chi connectivity index (χ1n) is 17.1. The van der Waals surface area contributed by atoms with E-state index in [1.165, 1.54) is 28.4 Å². The molecule has 4 rings (SSSR count). The second kappa shape index (κ2) is 20.4. The Morgan fingerprint density at radius 2 is 1.13 bits per heavy atom. The second-order valence-corrected chi connectivity index (χ2v) is 12.5. The van der Waals surface area contributed by atoms with Crippen LogP contribution in [0.1, 0.15) is 16.7 Å². The molecule has 3 aromatic rings. The Labute approximate surface area is 316 Å². The van der Waals surface area contributed by atoms with Gasteiger partial charge in [0, 0.05) is 24.7 Å². The van der Waals surface area contributed by atoms with Gasteiger partial charge in [0.1, 0.15) is 90.4 Å². The molecule has 9 N–H and O–H groups in total. The van der Waals surface area contributed by atoms with Gasteiger partial charge in [-0.1, -0.05) is 0 Å². The molecule has 0 bridgehead atoms. The third kappa shape index (κ3) is 11.5. The van der Waals surface area contributed by atoms with Gasteiger partial charge in [-0.05, 0) is 53.1 Å². The minimum Gasteiger partial charge on any atom is -0.497 e. The highest BCUT2D eigenvalue weighted by molar-refractivity contribution is 5.81. The highest BCUT2D eigenvalue weighted by atomic mass is 16.7. The third-order valence-corrected chi connectivity index (χ3v) is 8.67. The fraction of sp³-hybridized carbons (Fsp3) is 0.486. The van der Waals surface area contributed by atoms with Crippen LogP contribution in [0, 0.1) is 0 Å². The number of hydrogen-bond donors (Lipinski definition) is 9. The summed E-state index contributed by atoms with van der Waals surface area (Å²) < 4.78 is 44.2. The number of methoxy groups -OCH3 is 4. The summed E-state index contributed by atoms with van der Waals surface area (Å²) in [6, 6.07) is 15.4. The largest absolute Gasteiger partial charge is 0.497 e. The maximum atomic E-state index is 13.1. The molecule has 0 saturated carbocycles. The second-order valence-electron chi connectivity index (χ2n) is 12.5. The fourth-order valence-corrected chi connectivity index (χ4v) is 5.60. The molecular weight excluding hydrogens is 730 g/mol. The average Bonchev–Trinajstić information content (AvgIpc) is 3.21. The molecular formula is C37H49NO17. The van der Waals surface area contributed by atoms with Crippen molar-refractivity contribution in [1.29, 1.82) is 0 Å². The molecule has 55 heavy (non-hydrogen) atoms. The summed E-state index contributed by atoms with van der Waals surface area (Å²) in [7, 11) is 6.10. The molecule has 304 valence electrons. The minimum atomic E-state index is -2.27. The van der Waals surface area contributed by atoms with Crippen molar-refractivity contribution in [1.82, 2.24) is 5.32 Å². The van der Waals surface area contributed by atoms with E-state index < -0.39 is 74.2 Å². The zero-order valence-electron chi connectivity index (χ0n) is 30.7. The van der Waals surface area contributed by atoms with Crippen molar-refractivity contribution in [2.45, 2.75) is 74.9 Å². The predicted molar refractivity (Wildman–Crippen MR) is 190 cm³/mol. The SMILES string of the molecule is COc1cc(COc2cc(CNC(=O)[C@H](O)[C@@H](O)[C@H](O[C@H]3O[C@H](CO)[C@@H](O)[C@H](O)[C@H]3O)[C@H](O)CO)cc(OCc3cc(OC)cc(OC)c3)c2)cc(OC)c1. The Morgan fingerprint density at radius 1 is 0.673 bits per heavy atom. The Hall–Kier alpha value is -4.47. The van der Waals surface area contributed by atoms with E-state index in [0.717, 1.165) is 11.1 Å². The molecule has 0 aromatic heterocycles. The van der Waals surface area contributed by atoms with Crippen LogP contribution in [-0.2, 0) is 34.0 Å². The van der Waals surface area contributed by atoms with E-state index in [-0.39, 0.29) is 19.8 Å². The van der Waals surface area contributed by atoms with Crippen molar-refractivity contribution < 1.29 is 83.5 Å². The number of carbonyl (C=O) groups is 1. The maximum absolute atomic E-state index is 13.1. The molecule has 9 atom stereocenters. The predicted octanol–water partition coefficient (Wildman–Crippen LogP) is -1.24. The van der Waals surface area contributed by atoms with Gasteiger partial charge >= 0.3 is 0 Å². The Balaban J connectivity index is 1.51. The number of rotatable bonds is 20. The summed E-state index contributed by atoms with van der Waals surface area (Å²) in [6.07, 6.45) is -17.2.